The Morgan fingerprint density at radius 1 is 0.842 bits per heavy atom. The number of hydrogen-bond donors (Lipinski definition) is 6. The van der Waals surface area contributed by atoms with Gasteiger partial charge in [-0.2, -0.15) is 22.0 Å². The summed E-state index contributed by atoms with van der Waals surface area (Å²) < 4.78 is 84.2. The molecule has 0 spiro atoms. The number of aromatic nitrogens is 1. The van der Waals surface area contributed by atoms with Gasteiger partial charge < -0.3 is 45.9 Å². The van der Waals surface area contributed by atoms with Crippen molar-refractivity contribution in [2.45, 2.75) is 116 Å². The van der Waals surface area contributed by atoms with E-state index in [-0.39, 0.29) is 18.5 Å². The highest BCUT2D eigenvalue weighted by Crippen LogP contribution is 2.41. The number of carbonyl (C=O) groups is 4. The van der Waals surface area contributed by atoms with E-state index in [1.165, 1.54) is 5.01 Å². The average molecular weight is 1070 g/mol. The van der Waals surface area contributed by atoms with Crippen LogP contribution >= 0.6 is 0 Å². The van der Waals surface area contributed by atoms with Crippen molar-refractivity contribution < 1.29 is 60.4 Å². The number of benzene rings is 2. The Kier molecular flexibility index (Phi) is 19.4. The van der Waals surface area contributed by atoms with Gasteiger partial charge in [0.1, 0.15) is 17.9 Å². The summed E-state index contributed by atoms with van der Waals surface area (Å²) in [6.45, 7) is 6.24. The second kappa shape index (κ2) is 25.3. The van der Waals surface area contributed by atoms with Crippen molar-refractivity contribution in [3.05, 3.63) is 101 Å². The molecule has 2 aromatic carbocycles. The first-order chi connectivity index (χ1) is 35.9. The van der Waals surface area contributed by atoms with Crippen LogP contribution in [0.2, 0.25) is 0 Å². The highest BCUT2D eigenvalue weighted by Gasteiger charge is 2.56. The lowest BCUT2D eigenvalue weighted by Gasteiger charge is -2.47. The number of hydrazine groups is 1. The fourth-order valence-electron chi connectivity index (χ4n) is 9.30. The zero-order valence-electron chi connectivity index (χ0n) is 43.5. The topological polar surface area (TPSA) is 225 Å². The normalized spacial score (nSPS) is 19.0. The number of halogens is 5. The van der Waals surface area contributed by atoms with Crippen LogP contribution in [0.25, 0.3) is 5.57 Å². The van der Waals surface area contributed by atoms with Crippen LogP contribution in [0.15, 0.2) is 78.1 Å². The highest BCUT2D eigenvalue weighted by molar-refractivity contribution is 6.09. The molecule has 0 radical (unpaired) electrons. The standard InChI is InChI=1S/C53H67F5N10O8/c1-51(2,3)44(63-49(72)74-6)47(71)65-67(26-35-14-17-36(18-15-35)37(23-59)25-61-48(54)55)29-42(69)41(62-46(70)45(64-50(73)75-7)52(4,5)53(56,57)58)22-33-11-8-32(9-12-33)10-13-34-16-21-43(60-24-34)66-27-38-19-20-39(28-66)68(38)40-30-76-31-40/h8-9,11-12,14-18,21,23-25,38-42,44-45,48,69H,19-20,22,26-31,59H2,1-7H3,(H,62,70)(H,63,72)(H,64,73)(H,65,71)/b37-23+,61-25+/t38?,39?,41-,42-,44+,45+/m0/s1. The molecule has 4 amide bonds. The third-order valence-corrected chi connectivity index (χ3v) is 13.8. The Hall–Kier alpha value is -6.87. The Balaban J connectivity index is 1.26. The number of nitrogens with two attached hydrogens (primary N) is 1. The van der Waals surface area contributed by atoms with Crippen molar-refractivity contribution in [2.75, 3.05) is 52.0 Å². The number of aliphatic hydroxyl groups is 1. The van der Waals surface area contributed by atoms with Crippen LogP contribution in [-0.4, -0.2) is 152 Å². The molecule has 3 aliphatic rings. The van der Waals surface area contributed by atoms with E-state index in [2.05, 4.69) is 47.4 Å². The number of rotatable bonds is 19. The molecule has 2 bridgehead atoms. The molecule has 2 unspecified atom stereocenters. The van der Waals surface area contributed by atoms with E-state index in [0.29, 0.717) is 45.9 Å². The molecule has 3 fully saturated rings. The summed E-state index contributed by atoms with van der Waals surface area (Å²) in [5, 5.41) is 20.5. The summed E-state index contributed by atoms with van der Waals surface area (Å²) in [5.41, 5.74) is 7.51. The number of methoxy groups -OCH3 is 2. The number of aliphatic imine (C=N–C) groups is 1. The lowest BCUT2D eigenvalue weighted by Crippen LogP contribution is -2.63. The number of alkyl halides is 5. The zero-order chi connectivity index (χ0) is 55.5. The number of alkyl carbamates (subject to hydrolysis) is 2. The lowest BCUT2D eigenvalue weighted by atomic mass is 9.82. The number of allylic oxidation sites excluding steroid dienone is 1. The van der Waals surface area contributed by atoms with Gasteiger partial charge in [-0.15, -0.1) is 0 Å². The van der Waals surface area contributed by atoms with Crippen molar-refractivity contribution in [3.63, 3.8) is 0 Å². The fourth-order valence-corrected chi connectivity index (χ4v) is 9.30. The maximum absolute atomic E-state index is 14.6. The zero-order valence-corrected chi connectivity index (χ0v) is 43.5. The van der Waals surface area contributed by atoms with Gasteiger partial charge in [0.2, 0.25) is 5.91 Å². The third kappa shape index (κ3) is 15.2. The van der Waals surface area contributed by atoms with Crippen molar-refractivity contribution in [1.82, 2.24) is 36.3 Å². The molecule has 1 aromatic heterocycles. The van der Waals surface area contributed by atoms with Gasteiger partial charge in [0.15, 0.2) is 0 Å². The SMILES string of the molecule is COC(=O)N[C@H](C(=O)NN(Cc1ccc(C(=C/N)/C=N/C(F)F)cc1)C[C@H](O)[C@H](Cc1ccc(C#Cc2ccc(N3CC4CCC(C3)N4C3COC3)nc2)cc1)NC(=O)[C@@H](NC(=O)OC)C(C)(C)C(F)(F)F)C(C)(C)C. The van der Waals surface area contributed by atoms with E-state index in [9.17, 15) is 46.2 Å². The molecule has 3 saturated heterocycles. The maximum Gasteiger partial charge on any atom is 0.407 e. The summed E-state index contributed by atoms with van der Waals surface area (Å²) in [5.74, 6) is 5.08. The number of piperazine rings is 1. The van der Waals surface area contributed by atoms with Gasteiger partial charge in [-0.05, 0) is 79.5 Å². The Morgan fingerprint density at radius 2 is 1.42 bits per heavy atom. The smallest absolute Gasteiger partial charge is 0.407 e. The number of anilines is 1. The van der Waals surface area contributed by atoms with Crippen LogP contribution in [0.4, 0.5) is 37.4 Å². The Bertz CT molecular complexity index is 2580. The second-order valence-corrected chi connectivity index (χ2v) is 20.6. The predicted octanol–water partition coefficient (Wildman–Crippen LogP) is 5.13. The van der Waals surface area contributed by atoms with E-state index < -0.39 is 78.3 Å². The first-order valence-corrected chi connectivity index (χ1v) is 24.7. The van der Waals surface area contributed by atoms with Crippen LogP contribution in [-0.2, 0) is 36.8 Å². The first-order valence-electron chi connectivity index (χ1n) is 24.7. The second-order valence-electron chi connectivity index (χ2n) is 20.6. The monoisotopic (exact) mass is 1070 g/mol. The number of nitrogens with zero attached hydrogens (tertiary/aromatic N) is 5. The quantitative estimate of drug-likeness (QED) is 0.0302. The molecule has 3 aromatic rings. The van der Waals surface area contributed by atoms with Gasteiger partial charge >= 0.3 is 24.9 Å². The summed E-state index contributed by atoms with van der Waals surface area (Å²) >= 11 is 0. The number of carbonyl (C=O) groups excluding carboxylic acids is 4. The van der Waals surface area contributed by atoms with Crippen molar-refractivity contribution in [1.29, 1.82) is 0 Å². The first kappa shape index (κ1) is 58.4. The Morgan fingerprint density at radius 3 is 1.93 bits per heavy atom. The predicted molar refractivity (Wildman–Crippen MR) is 273 cm³/mol. The molecule has 6 rings (SSSR count). The minimum absolute atomic E-state index is 0.167. The van der Waals surface area contributed by atoms with Gasteiger partial charge in [0.05, 0.1) is 51.0 Å². The van der Waals surface area contributed by atoms with Gasteiger partial charge in [0, 0.05) is 73.6 Å². The minimum atomic E-state index is -5.02. The van der Waals surface area contributed by atoms with Gasteiger partial charge in [-0.3, -0.25) is 19.9 Å². The van der Waals surface area contributed by atoms with Gasteiger partial charge in [0.25, 0.3) is 5.91 Å². The minimum Gasteiger partial charge on any atom is -0.453 e. The molecule has 7 N–H and O–H groups in total. The summed E-state index contributed by atoms with van der Waals surface area (Å²) in [4.78, 5) is 65.8. The fraction of sp³-hybridized carbons (Fsp3) is 0.509. The Labute approximate surface area is 438 Å². The van der Waals surface area contributed by atoms with Crippen molar-refractivity contribution in [3.8, 4) is 11.8 Å². The largest absolute Gasteiger partial charge is 0.453 e. The van der Waals surface area contributed by atoms with E-state index >= 15 is 0 Å². The average Bonchev–Trinajstić information content (AvgIpc) is 3.58. The molecule has 4 heterocycles. The summed E-state index contributed by atoms with van der Waals surface area (Å²) in [6, 6.07) is 13.5. The third-order valence-electron chi connectivity index (χ3n) is 13.8. The molecule has 76 heavy (non-hydrogen) atoms. The molecule has 412 valence electrons. The maximum atomic E-state index is 14.6. The summed E-state index contributed by atoms with van der Waals surface area (Å²) in [7, 11) is 2.04. The molecule has 18 nitrogen and oxygen atoms in total. The van der Waals surface area contributed by atoms with Crippen LogP contribution < -0.4 is 32.0 Å². The number of aliphatic hydroxyl groups excluding tert-OH is 1. The number of fused-ring (bicyclic) bond motifs is 2. The van der Waals surface area contributed by atoms with E-state index in [1.54, 1.807) is 75.5 Å². The van der Waals surface area contributed by atoms with Crippen LogP contribution in [0, 0.1) is 22.7 Å². The summed E-state index contributed by atoms with van der Waals surface area (Å²) in [6.07, 6.45) is -3.07. The van der Waals surface area contributed by atoms with E-state index in [1.807, 2.05) is 17.4 Å². The molecule has 23 heteroatoms. The van der Waals surface area contributed by atoms with Crippen molar-refractivity contribution >= 4 is 41.6 Å². The van der Waals surface area contributed by atoms with Gasteiger partial charge in [-0.25, -0.2) is 24.6 Å². The van der Waals surface area contributed by atoms with Crippen LogP contribution in [0.5, 0.6) is 0 Å². The van der Waals surface area contributed by atoms with E-state index in [0.717, 1.165) is 85.4 Å². The van der Waals surface area contributed by atoms with E-state index in [4.69, 9.17) is 20.2 Å². The molecule has 0 aliphatic carbocycles. The highest BCUT2D eigenvalue weighted by atomic mass is 19.4. The molecular formula is C53H67F5N10O8. The van der Waals surface area contributed by atoms with Crippen LogP contribution in [0.1, 0.15) is 75.3 Å². The van der Waals surface area contributed by atoms with Gasteiger partial charge in [-0.1, -0.05) is 69.0 Å². The number of amides is 4. The molecule has 3 aliphatic heterocycles. The molecule has 6 atom stereocenters. The van der Waals surface area contributed by atoms with Crippen molar-refractivity contribution in [2.24, 2.45) is 21.6 Å². The number of hydrogen-bond acceptors (Lipinski definition) is 14. The lowest BCUT2D eigenvalue weighted by molar-refractivity contribution is -0.220. The number of ether oxygens (including phenoxy) is 3. The van der Waals surface area contributed by atoms with Crippen LogP contribution in [0.3, 0.4) is 0 Å². The number of nitrogens with one attached hydrogen (secondary N) is 4. The molecular weight excluding hydrogens is 1000 g/mol. The molecule has 0 saturated carbocycles. The number of pyridine rings is 1.